The summed E-state index contributed by atoms with van der Waals surface area (Å²) in [5, 5.41) is 2.82. The van der Waals surface area contributed by atoms with Gasteiger partial charge in [0.25, 0.3) is 5.91 Å². The molecule has 0 spiro atoms. The number of fused-ring (bicyclic) bond motifs is 1. The molecule has 2 aromatic rings. The van der Waals surface area contributed by atoms with Gasteiger partial charge in [-0.1, -0.05) is 6.07 Å². The summed E-state index contributed by atoms with van der Waals surface area (Å²) in [7, 11) is 0. The first kappa shape index (κ1) is 14.2. The molecule has 3 N–H and O–H groups in total. The van der Waals surface area contributed by atoms with Crippen LogP contribution in [0.15, 0.2) is 39.3 Å². The van der Waals surface area contributed by atoms with Gasteiger partial charge in [-0.3, -0.25) is 4.79 Å². The van der Waals surface area contributed by atoms with Gasteiger partial charge >= 0.3 is 0 Å². The number of ether oxygens (including phenoxy) is 2. The van der Waals surface area contributed by atoms with E-state index in [4.69, 9.17) is 15.2 Å². The van der Waals surface area contributed by atoms with Crippen molar-refractivity contribution in [2.45, 2.75) is 0 Å². The number of rotatable bonds is 2. The average molecular weight is 414 g/mol. The summed E-state index contributed by atoms with van der Waals surface area (Å²) >= 11 is 6.79. The monoisotopic (exact) mass is 412 g/mol. The van der Waals surface area contributed by atoms with Gasteiger partial charge in [0.05, 0.1) is 11.3 Å². The molecular formula is C14H10Br2N2O3. The van der Waals surface area contributed by atoms with Gasteiger partial charge in [-0.15, -0.1) is 0 Å². The van der Waals surface area contributed by atoms with Crippen molar-refractivity contribution in [3.8, 4) is 11.5 Å². The predicted molar refractivity (Wildman–Crippen MR) is 86.8 cm³/mol. The van der Waals surface area contributed by atoms with Crippen molar-refractivity contribution in [3.05, 3.63) is 44.8 Å². The largest absolute Gasteiger partial charge is 0.454 e. The Morgan fingerprint density at radius 1 is 1.14 bits per heavy atom. The third-order valence-corrected chi connectivity index (χ3v) is 4.31. The quantitative estimate of drug-likeness (QED) is 0.735. The molecule has 0 bridgehead atoms. The van der Waals surface area contributed by atoms with Crippen LogP contribution in [-0.2, 0) is 0 Å². The Labute approximate surface area is 137 Å². The third-order valence-electron chi connectivity index (χ3n) is 2.99. The maximum absolute atomic E-state index is 12.4. The van der Waals surface area contributed by atoms with E-state index in [2.05, 4.69) is 37.2 Å². The number of nitrogens with two attached hydrogens (primary N) is 1. The molecule has 0 unspecified atom stereocenters. The molecule has 0 saturated heterocycles. The highest BCUT2D eigenvalue weighted by Crippen LogP contribution is 2.37. The van der Waals surface area contributed by atoms with Crippen LogP contribution >= 0.6 is 31.9 Å². The molecule has 1 heterocycles. The summed E-state index contributed by atoms with van der Waals surface area (Å²) < 4.78 is 12.0. The first-order chi connectivity index (χ1) is 10.1. The lowest BCUT2D eigenvalue weighted by atomic mass is 10.1. The molecule has 1 amide bonds. The lowest BCUT2D eigenvalue weighted by Crippen LogP contribution is -2.14. The number of amides is 1. The zero-order valence-corrected chi connectivity index (χ0v) is 13.8. The number of benzene rings is 2. The zero-order chi connectivity index (χ0) is 15.0. The van der Waals surface area contributed by atoms with Gasteiger partial charge < -0.3 is 20.5 Å². The summed E-state index contributed by atoms with van der Waals surface area (Å²) in [4.78, 5) is 12.4. The predicted octanol–water partition coefficient (Wildman–Crippen LogP) is 3.77. The van der Waals surface area contributed by atoms with E-state index in [1.165, 1.54) is 0 Å². The number of nitrogens with one attached hydrogen (secondary N) is 1. The lowest BCUT2D eigenvalue weighted by Gasteiger charge is -2.11. The van der Waals surface area contributed by atoms with Crippen LogP contribution < -0.4 is 20.5 Å². The van der Waals surface area contributed by atoms with E-state index in [0.717, 1.165) is 8.95 Å². The number of nitrogen functional groups attached to an aromatic ring is 1. The van der Waals surface area contributed by atoms with Crippen molar-refractivity contribution in [2.24, 2.45) is 0 Å². The SMILES string of the molecule is Nc1cc2c(cc1C(=O)Nc1c(Br)cccc1Br)OCO2. The molecule has 0 saturated carbocycles. The summed E-state index contributed by atoms with van der Waals surface area (Å²) in [5.41, 5.74) is 7.21. The van der Waals surface area contributed by atoms with E-state index in [1.54, 1.807) is 12.1 Å². The smallest absolute Gasteiger partial charge is 0.257 e. The standard InChI is InChI=1S/C14H10Br2N2O3/c15-8-2-1-3-9(16)13(8)18-14(19)7-4-11-12(5-10(7)17)21-6-20-11/h1-5H,6,17H2,(H,18,19). The van der Waals surface area contributed by atoms with Crippen LogP contribution in [0.1, 0.15) is 10.4 Å². The molecule has 0 aromatic heterocycles. The Hall–Kier alpha value is -1.73. The molecule has 108 valence electrons. The van der Waals surface area contributed by atoms with E-state index in [0.29, 0.717) is 28.4 Å². The van der Waals surface area contributed by atoms with Crippen LogP contribution in [0, 0.1) is 0 Å². The summed E-state index contributed by atoms with van der Waals surface area (Å²) in [6.07, 6.45) is 0. The summed E-state index contributed by atoms with van der Waals surface area (Å²) in [6.45, 7) is 0.135. The van der Waals surface area contributed by atoms with E-state index in [1.807, 2.05) is 18.2 Å². The van der Waals surface area contributed by atoms with Crippen LogP contribution in [0.3, 0.4) is 0 Å². The minimum Gasteiger partial charge on any atom is -0.454 e. The normalized spacial score (nSPS) is 12.3. The number of anilines is 2. The van der Waals surface area contributed by atoms with Crippen molar-refractivity contribution < 1.29 is 14.3 Å². The molecule has 5 nitrogen and oxygen atoms in total. The first-order valence-corrected chi connectivity index (χ1v) is 7.59. The molecule has 1 aliphatic rings. The van der Waals surface area contributed by atoms with Crippen LogP contribution in [-0.4, -0.2) is 12.7 Å². The second-order valence-electron chi connectivity index (χ2n) is 4.34. The number of hydrogen-bond donors (Lipinski definition) is 2. The highest BCUT2D eigenvalue weighted by Gasteiger charge is 2.20. The molecule has 3 rings (SSSR count). The molecule has 0 atom stereocenters. The lowest BCUT2D eigenvalue weighted by molar-refractivity contribution is 0.102. The molecule has 0 aliphatic carbocycles. The van der Waals surface area contributed by atoms with Gasteiger partial charge in [0.15, 0.2) is 11.5 Å². The van der Waals surface area contributed by atoms with Crippen LogP contribution in [0.5, 0.6) is 11.5 Å². The number of para-hydroxylation sites is 1. The minimum atomic E-state index is -0.321. The molecule has 2 aromatic carbocycles. The number of halogens is 2. The number of hydrogen-bond acceptors (Lipinski definition) is 4. The Kier molecular flexibility index (Phi) is 3.77. The summed E-state index contributed by atoms with van der Waals surface area (Å²) in [5.74, 6) is 0.741. The Bertz CT molecular complexity index is 714. The fraction of sp³-hybridized carbons (Fsp3) is 0.0714. The maximum atomic E-state index is 12.4. The van der Waals surface area contributed by atoms with Gasteiger partial charge in [0.2, 0.25) is 6.79 Å². The fourth-order valence-electron chi connectivity index (χ4n) is 1.95. The van der Waals surface area contributed by atoms with E-state index in [9.17, 15) is 4.79 Å². The van der Waals surface area contributed by atoms with Gasteiger partial charge in [-0.05, 0) is 50.1 Å². The average Bonchev–Trinajstić information content (AvgIpc) is 2.89. The maximum Gasteiger partial charge on any atom is 0.257 e. The van der Waals surface area contributed by atoms with Crippen molar-refractivity contribution >= 4 is 49.1 Å². The van der Waals surface area contributed by atoms with Crippen LogP contribution in [0.2, 0.25) is 0 Å². The van der Waals surface area contributed by atoms with Crippen molar-refractivity contribution in [2.75, 3.05) is 17.8 Å². The molecule has 1 aliphatic heterocycles. The van der Waals surface area contributed by atoms with Gasteiger partial charge in [0, 0.05) is 20.7 Å². The Balaban J connectivity index is 1.93. The molecule has 0 radical (unpaired) electrons. The van der Waals surface area contributed by atoms with Gasteiger partial charge in [-0.25, -0.2) is 0 Å². The van der Waals surface area contributed by atoms with E-state index < -0.39 is 0 Å². The Morgan fingerprint density at radius 3 is 2.43 bits per heavy atom. The topological polar surface area (TPSA) is 73.6 Å². The van der Waals surface area contributed by atoms with E-state index in [-0.39, 0.29) is 12.7 Å². The number of carbonyl (C=O) groups is 1. The van der Waals surface area contributed by atoms with E-state index >= 15 is 0 Å². The second-order valence-corrected chi connectivity index (χ2v) is 6.05. The summed E-state index contributed by atoms with van der Waals surface area (Å²) in [6, 6.07) is 8.70. The van der Waals surface area contributed by atoms with Gasteiger partial charge in [-0.2, -0.15) is 0 Å². The number of carbonyl (C=O) groups excluding carboxylic acids is 1. The molecule has 7 heteroatoms. The Morgan fingerprint density at radius 2 is 1.76 bits per heavy atom. The molecule has 21 heavy (non-hydrogen) atoms. The zero-order valence-electron chi connectivity index (χ0n) is 10.7. The highest BCUT2D eigenvalue weighted by molar-refractivity contribution is 9.11. The van der Waals surface area contributed by atoms with Gasteiger partial charge in [0.1, 0.15) is 0 Å². The second kappa shape index (κ2) is 5.57. The molecular weight excluding hydrogens is 404 g/mol. The van der Waals surface area contributed by atoms with Crippen molar-refractivity contribution in [3.63, 3.8) is 0 Å². The minimum absolute atomic E-state index is 0.135. The van der Waals surface area contributed by atoms with Crippen LogP contribution in [0.25, 0.3) is 0 Å². The fourth-order valence-corrected chi connectivity index (χ4v) is 3.15. The first-order valence-electron chi connectivity index (χ1n) is 6.01. The highest BCUT2D eigenvalue weighted by atomic mass is 79.9. The third kappa shape index (κ3) is 2.71. The molecule has 0 fully saturated rings. The van der Waals surface area contributed by atoms with Crippen LogP contribution in [0.4, 0.5) is 11.4 Å². The van der Waals surface area contributed by atoms with Crippen molar-refractivity contribution in [1.82, 2.24) is 0 Å². The van der Waals surface area contributed by atoms with Crippen molar-refractivity contribution in [1.29, 1.82) is 0 Å².